The Morgan fingerprint density at radius 3 is 2.72 bits per heavy atom. The number of amides is 1. The normalized spacial score (nSPS) is 15.5. The van der Waals surface area contributed by atoms with Crippen molar-refractivity contribution in [3.63, 3.8) is 0 Å². The van der Waals surface area contributed by atoms with Crippen LogP contribution in [0.2, 0.25) is 0 Å². The van der Waals surface area contributed by atoms with Crippen molar-refractivity contribution in [1.82, 2.24) is 10.6 Å². The summed E-state index contributed by atoms with van der Waals surface area (Å²) in [5, 5.41) is 6.46. The number of fused-ring (bicyclic) bond motifs is 1. The number of hydrogen-bond donors (Lipinski definition) is 2. The Labute approximate surface area is 154 Å². The molecular formula is C19H23ClN2O3. The fourth-order valence-electron chi connectivity index (χ4n) is 3.13. The van der Waals surface area contributed by atoms with Crippen LogP contribution in [0.5, 0.6) is 11.5 Å². The second-order valence-corrected chi connectivity index (χ2v) is 5.71. The molecule has 1 aliphatic rings. The second kappa shape index (κ2) is 8.74. The fourth-order valence-corrected chi connectivity index (χ4v) is 3.13. The monoisotopic (exact) mass is 362 g/mol. The van der Waals surface area contributed by atoms with Gasteiger partial charge in [-0.3, -0.25) is 4.79 Å². The minimum Gasteiger partial charge on any atom is -0.493 e. The number of nitrogens with one attached hydrogen (secondary N) is 2. The molecule has 1 aliphatic heterocycles. The smallest absolute Gasteiger partial charge is 0.255 e. The highest BCUT2D eigenvalue weighted by molar-refractivity contribution is 5.97. The Kier molecular flexibility index (Phi) is 6.67. The van der Waals surface area contributed by atoms with Gasteiger partial charge in [-0.1, -0.05) is 30.3 Å². The molecule has 3 rings (SSSR count). The van der Waals surface area contributed by atoms with E-state index in [2.05, 4.69) is 28.8 Å². The molecule has 25 heavy (non-hydrogen) atoms. The summed E-state index contributed by atoms with van der Waals surface area (Å²) in [6, 6.07) is 13.8. The Balaban J connectivity index is 0.00000225. The van der Waals surface area contributed by atoms with Gasteiger partial charge >= 0.3 is 0 Å². The second-order valence-electron chi connectivity index (χ2n) is 5.71. The van der Waals surface area contributed by atoms with Crippen molar-refractivity contribution in [3.05, 3.63) is 59.2 Å². The molecule has 0 aliphatic carbocycles. The van der Waals surface area contributed by atoms with Crippen molar-refractivity contribution in [3.8, 4) is 11.5 Å². The van der Waals surface area contributed by atoms with Gasteiger partial charge in [0.05, 0.1) is 19.8 Å². The van der Waals surface area contributed by atoms with Crippen molar-refractivity contribution in [2.75, 3.05) is 27.3 Å². The summed E-state index contributed by atoms with van der Waals surface area (Å²) in [4.78, 5) is 12.6. The number of para-hydroxylation sites is 1. The number of rotatable bonds is 5. The zero-order chi connectivity index (χ0) is 16.9. The highest BCUT2D eigenvalue weighted by Gasteiger charge is 2.21. The summed E-state index contributed by atoms with van der Waals surface area (Å²) in [5.41, 5.74) is 3.07. The molecule has 1 amide bonds. The minimum atomic E-state index is -0.171. The van der Waals surface area contributed by atoms with E-state index < -0.39 is 0 Å². The maximum Gasteiger partial charge on any atom is 0.255 e. The number of ether oxygens (including phenoxy) is 2. The molecule has 0 spiro atoms. The van der Waals surface area contributed by atoms with Crippen LogP contribution in [0.1, 0.15) is 27.5 Å². The summed E-state index contributed by atoms with van der Waals surface area (Å²) in [7, 11) is 3.09. The first-order valence-electron chi connectivity index (χ1n) is 8.05. The molecule has 5 nitrogen and oxygen atoms in total. The molecule has 1 heterocycles. The Morgan fingerprint density at radius 1 is 1.16 bits per heavy atom. The summed E-state index contributed by atoms with van der Waals surface area (Å²) >= 11 is 0. The molecule has 1 atom stereocenters. The zero-order valence-corrected chi connectivity index (χ0v) is 15.2. The molecule has 6 heteroatoms. The van der Waals surface area contributed by atoms with Crippen molar-refractivity contribution < 1.29 is 14.3 Å². The predicted molar refractivity (Wildman–Crippen MR) is 100 cm³/mol. The van der Waals surface area contributed by atoms with Crippen molar-refractivity contribution >= 4 is 18.3 Å². The molecule has 0 aromatic heterocycles. The van der Waals surface area contributed by atoms with Crippen LogP contribution in [0.3, 0.4) is 0 Å². The Morgan fingerprint density at radius 2 is 1.96 bits per heavy atom. The number of carbonyl (C=O) groups excluding carboxylic acids is 1. The van der Waals surface area contributed by atoms with Gasteiger partial charge in [-0.15, -0.1) is 12.4 Å². The SMILES string of the molecule is COc1cccc(C(=O)NCC2NCCc3ccccc32)c1OC.Cl. The minimum absolute atomic E-state index is 0. The molecule has 1 unspecified atom stereocenters. The molecule has 0 saturated carbocycles. The van der Waals surface area contributed by atoms with Crippen LogP contribution in [0.15, 0.2) is 42.5 Å². The number of benzene rings is 2. The van der Waals surface area contributed by atoms with Crippen LogP contribution in [-0.2, 0) is 6.42 Å². The van der Waals surface area contributed by atoms with E-state index in [4.69, 9.17) is 9.47 Å². The molecule has 0 bridgehead atoms. The van der Waals surface area contributed by atoms with Crippen LogP contribution in [0.4, 0.5) is 0 Å². The fraction of sp³-hybridized carbons (Fsp3) is 0.316. The molecule has 0 radical (unpaired) electrons. The Hall–Kier alpha value is -2.24. The van der Waals surface area contributed by atoms with E-state index >= 15 is 0 Å². The quantitative estimate of drug-likeness (QED) is 0.858. The lowest BCUT2D eigenvalue weighted by Gasteiger charge is -2.27. The van der Waals surface area contributed by atoms with Crippen LogP contribution >= 0.6 is 12.4 Å². The highest BCUT2D eigenvalue weighted by Crippen LogP contribution is 2.30. The van der Waals surface area contributed by atoms with E-state index in [1.165, 1.54) is 18.2 Å². The molecular weight excluding hydrogens is 340 g/mol. The van der Waals surface area contributed by atoms with Crippen LogP contribution in [0, 0.1) is 0 Å². The first-order chi connectivity index (χ1) is 11.7. The molecule has 2 aromatic rings. The van der Waals surface area contributed by atoms with Gasteiger partial charge in [0.1, 0.15) is 0 Å². The lowest BCUT2D eigenvalue weighted by molar-refractivity contribution is 0.0945. The number of carbonyl (C=O) groups is 1. The third kappa shape index (κ3) is 4.06. The molecule has 134 valence electrons. The van der Waals surface area contributed by atoms with Crippen LogP contribution in [0.25, 0.3) is 0 Å². The van der Waals surface area contributed by atoms with Gasteiger partial charge in [-0.05, 0) is 36.2 Å². The van der Waals surface area contributed by atoms with Gasteiger partial charge in [-0.25, -0.2) is 0 Å². The van der Waals surface area contributed by atoms with Crippen molar-refractivity contribution in [1.29, 1.82) is 0 Å². The largest absolute Gasteiger partial charge is 0.493 e. The van der Waals surface area contributed by atoms with E-state index in [0.29, 0.717) is 23.6 Å². The first kappa shape index (κ1) is 19.1. The standard InChI is InChI=1S/C19H22N2O3.ClH/c1-23-17-9-5-8-15(18(17)24-2)19(22)21-12-16-14-7-4-3-6-13(14)10-11-20-16;/h3-9,16,20H,10-12H2,1-2H3,(H,21,22);1H. The summed E-state index contributed by atoms with van der Waals surface area (Å²) in [6.07, 6.45) is 1.02. The zero-order valence-electron chi connectivity index (χ0n) is 14.4. The lowest BCUT2D eigenvalue weighted by Crippen LogP contribution is -2.38. The molecule has 2 aromatic carbocycles. The number of methoxy groups -OCH3 is 2. The van der Waals surface area contributed by atoms with E-state index in [0.717, 1.165) is 13.0 Å². The average Bonchev–Trinajstić information content (AvgIpc) is 2.65. The maximum atomic E-state index is 12.6. The molecule has 2 N–H and O–H groups in total. The molecule has 0 fully saturated rings. The maximum absolute atomic E-state index is 12.6. The van der Waals surface area contributed by atoms with Gasteiger partial charge < -0.3 is 20.1 Å². The topological polar surface area (TPSA) is 59.6 Å². The highest BCUT2D eigenvalue weighted by atomic mass is 35.5. The van der Waals surface area contributed by atoms with E-state index in [9.17, 15) is 4.79 Å². The Bertz CT molecular complexity index is 736. The van der Waals surface area contributed by atoms with Crippen molar-refractivity contribution in [2.45, 2.75) is 12.5 Å². The number of hydrogen-bond acceptors (Lipinski definition) is 4. The van der Waals surface area contributed by atoms with Gasteiger partial charge in [-0.2, -0.15) is 0 Å². The number of halogens is 1. The third-order valence-corrected chi connectivity index (χ3v) is 4.33. The third-order valence-electron chi connectivity index (χ3n) is 4.33. The van der Waals surface area contributed by atoms with E-state index in [1.807, 2.05) is 6.07 Å². The predicted octanol–water partition coefficient (Wildman–Crippen LogP) is 2.74. The van der Waals surface area contributed by atoms with Crippen molar-refractivity contribution in [2.24, 2.45) is 0 Å². The van der Waals surface area contributed by atoms with Gasteiger partial charge in [0.15, 0.2) is 11.5 Å². The summed E-state index contributed by atoms with van der Waals surface area (Å²) in [5.74, 6) is 0.830. The summed E-state index contributed by atoms with van der Waals surface area (Å²) in [6.45, 7) is 1.44. The van der Waals surface area contributed by atoms with Gasteiger partial charge in [0.2, 0.25) is 0 Å². The summed E-state index contributed by atoms with van der Waals surface area (Å²) < 4.78 is 10.6. The van der Waals surface area contributed by atoms with Crippen LogP contribution < -0.4 is 20.1 Å². The first-order valence-corrected chi connectivity index (χ1v) is 8.05. The van der Waals surface area contributed by atoms with Crippen LogP contribution in [-0.4, -0.2) is 33.2 Å². The molecule has 0 saturated heterocycles. The van der Waals surface area contributed by atoms with E-state index in [-0.39, 0.29) is 24.4 Å². The van der Waals surface area contributed by atoms with E-state index in [1.54, 1.807) is 25.3 Å². The average molecular weight is 363 g/mol. The van der Waals surface area contributed by atoms with Gasteiger partial charge in [0, 0.05) is 12.6 Å². The van der Waals surface area contributed by atoms with Gasteiger partial charge in [0.25, 0.3) is 5.91 Å². The lowest BCUT2D eigenvalue weighted by atomic mass is 9.94.